The van der Waals surface area contributed by atoms with Crippen LogP contribution in [0.4, 0.5) is 0 Å². The van der Waals surface area contributed by atoms with Crippen LogP contribution in [0.25, 0.3) is 0 Å². The van der Waals surface area contributed by atoms with Crippen LogP contribution in [0, 0.1) is 6.92 Å². The van der Waals surface area contributed by atoms with Gasteiger partial charge in [0.1, 0.15) is 0 Å². The zero-order valence-electron chi connectivity index (χ0n) is 12.3. The molecular weight excluding hydrogens is 250 g/mol. The second kappa shape index (κ2) is 7.10. The van der Waals surface area contributed by atoms with Crippen molar-refractivity contribution in [1.82, 2.24) is 15.8 Å². The minimum absolute atomic E-state index is 0.0833. The van der Waals surface area contributed by atoms with Crippen molar-refractivity contribution in [3.8, 4) is 0 Å². The number of nitrogens with one attached hydrogen (secondary N) is 2. The Morgan fingerprint density at radius 2 is 2.15 bits per heavy atom. The standard InChI is InChI=1S/C16H23N3O/c1-3-10-19-11-8-14(9-12-19)17-18-16(20)15-7-5-4-6-13(15)2/h4-8,17H,3,9-12H2,1-2H3,(H,18,20). The van der Waals surface area contributed by atoms with E-state index < -0.39 is 0 Å². The third kappa shape index (κ3) is 3.84. The number of carbonyl (C=O) groups is 1. The van der Waals surface area contributed by atoms with Gasteiger partial charge < -0.3 is 5.43 Å². The van der Waals surface area contributed by atoms with Crippen molar-refractivity contribution in [3.05, 3.63) is 47.2 Å². The number of aryl methyl sites for hydroxylation is 1. The van der Waals surface area contributed by atoms with E-state index >= 15 is 0 Å². The van der Waals surface area contributed by atoms with Crippen molar-refractivity contribution < 1.29 is 4.79 Å². The Bertz CT molecular complexity index is 496. The Morgan fingerprint density at radius 3 is 2.80 bits per heavy atom. The summed E-state index contributed by atoms with van der Waals surface area (Å²) in [6.45, 7) is 7.28. The van der Waals surface area contributed by atoms with Crippen LogP contribution in [-0.2, 0) is 0 Å². The normalized spacial score (nSPS) is 15.6. The zero-order valence-corrected chi connectivity index (χ0v) is 12.3. The Balaban J connectivity index is 1.84. The molecule has 0 atom stereocenters. The second-order valence-corrected chi connectivity index (χ2v) is 5.17. The van der Waals surface area contributed by atoms with Crippen molar-refractivity contribution >= 4 is 5.91 Å². The molecule has 1 heterocycles. The van der Waals surface area contributed by atoms with Gasteiger partial charge in [-0.3, -0.25) is 15.1 Å². The molecule has 4 heteroatoms. The highest BCUT2D eigenvalue weighted by Crippen LogP contribution is 2.09. The van der Waals surface area contributed by atoms with Crippen LogP contribution in [0.15, 0.2) is 36.0 Å². The highest BCUT2D eigenvalue weighted by Gasteiger charge is 2.12. The van der Waals surface area contributed by atoms with E-state index in [2.05, 4.69) is 28.8 Å². The molecule has 2 N–H and O–H groups in total. The zero-order chi connectivity index (χ0) is 14.4. The predicted octanol–water partition coefficient (Wildman–Crippen LogP) is 2.23. The molecule has 0 saturated heterocycles. The Labute approximate surface area is 120 Å². The number of benzene rings is 1. The van der Waals surface area contributed by atoms with Crippen LogP contribution in [-0.4, -0.2) is 30.4 Å². The summed E-state index contributed by atoms with van der Waals surface area (Å²) in [7, 11) is 0. The van der Waals surface area contributed by atoms with Gasteiger partial charge >= 0.3 is 0 Å². The Hall–Kier alpha value is -1.81. The molecule has 0 spiro atoms. The van der Waals surface area contributed by atoms with E-state index in [1.54, 1.807) is 0 Å². The fourth-order valence-electron chi connectivity index (χ4n) is 2.38. The number of amides is 1. The van der Waals surface area contributed by atoms with Gasteiger partial charge in [0.25, 0.3) is 5.91 Å². The van der Waals surface area contributed by atoms with Gasteiger partial charge in [0.15, 0.2) is 0 Å². The van der Waals surface area contributed by atoms with Crippen LogP contribution in [0.3, 0.4) is 0 Å². The van der Waals surface area contributed by atoms with Crippen LogP contribution >= 0.6 is 0 Å². The molecular formula is C16H23N3O. The van der Waals surface area contributed by atoms with Crippen LogP contribution in [0.1, 0.15) is 35.7 Å². The topological polar surface area (TPSA) is 44.4 Å². The lowest BCUT2D eigenvalue weighted by Crippen LogP contribution is -2.40. The highest BCUT2D eigenvalue weighted by atomic mass is 16.2. The van der Waals surface area contributed by atoms with E-state index in [-0.39, 0.29) is 5.91 Å². The summed E-state index contributed by atoms with van der Waals surface area (Å²) >= 11 is 0. The number of hydrazine groups is 1. The molecule has 20 heavy (non-hydrogen) atoms. The summed E-state index contributed by atoms with van der Waals surface area (Å²) in [5.41, 5.74) is 8.62. The Kier molecular flexibility index (Phi) is 5.18. The maximum Gasteiger partial charge on any atom is 0.269 e. The summed E-state index contributed by atoms with van der Waals surface area (Å²) in [6, 6.07) is 7.60. The number of hydrogen-bond acceptors (Lipinski definition) is 3. The third-order valence-corrected chi connectivity index (χ3v) is 3.56. The molecule has 1 aliphatic heterocycles. The first-order valence-corrected chi connectivity index (χ1v) is 7.24. The number of nitrogens with zero attached hydrogens (tertiary/aromatic N) is 1. The number of carbonyl (C=O) groups excluding carboxylic acids is 1. The molecule has 1 aromatic carbocycles. The number of rotatable bonds is 5. The van der Waals surface area contributed by atoms with Crippen LogP contribution in [0.2, 0.25) is 0 Å². The molecule has 4 nitrogen and oxygen atoms in total. The van der Waals surface area contributed by atoms with E-state index in [4.69, 9.17) is 0 Å². The SMILES string of the molecule is CCCN1CC=C(NNC(=O)c2ccccc2C)CC1. The Morgan fingerprint density at radius 1 is 1.35 bits per heavy atom. The molecule has 0 radical (unpaired) electrons. The predicted molar refractivity (Wildman–Crippen MR) is 81.2 cm³/mol. The van der Waals surface area contributed by atoms with Gasteiger partial charge in [0.2, 0.25) is 0 Å². The summed E-state index contributed by atoms with van der Waals surface area (Å²) in [6.07, 6.45) is 4.28. The van der Waals surface area contributed by atoms with Gasteiger partial charge in [0, 0.05) is 30.8 Å². The van der Waals surface area contributed by atoms with Gasteiger partial charge in [-0.1, -0.05) is 25.1 Å². The fourth-order valence-corrected chi connectivity index (χ4v) is 2.38. The summed E-state index contributed by atoms with van der Waals surface area (Å²) in [5.74, 6) is -0.0833. The second-order valence-electron chi connectivity index (χ2n) is 5.17. The molecule has 0 saturated carbocycles. The minimum Gasteiger partial charge on any atom is -0.303 e. The quantitative estimate of drug-likeness (QED) is 0.809. The van der Waals surface area contributed by atoms with E-state index in [0.717, 1.165) is 37.3 Å². The molecule has 0 aromatic heterocycles. The monoisotopic (exact) mass is 273 g/mol. The van der Waals surface area contributed by atoms with E-state index in [1.165, 1.54) is 6.42 Å². The van der Waals surface area contributed by atoms with E-state index in [1.807, 2.05) is 31.2 Å². The number of hydrogen-bond donors (Lipinski definition) is 2. The maximum atomic E-state index is 12.1. The average molecular weight is 273 g/mol. The summed E-state index contributed by atoms with van der Waals surface area (Å²) in [5, 5.41) is 0. The molecule has 2 rings (SSSR count). The van der Waals surface area contributed by atoms with Crippen LogP contribution in [0.5, 0.6) is 0 Å². The van der Waals surface area contributed by atoms with Crippen molar-refractivity contribution in [2.75, 3.05) is 19.6 Å². The van der Waals surface area contributed by atoms with Gasteiger partial charge in [-0.25, -0.2) is 0 Å². The smallest absolute Gasteiger partial charge is 0.269 e. The first kappa shape index (κ1) is 14.6. The lowest BCUT2D eigenvalue weighted by molar-refractivity contribution is 0.0936. The lowest BCUT2D eigenvalue weighted by Gasteiger charge is -2.26. The van der Waals surface area contributed by atoms with Gasteiger partial charge in [-0.05, 0) is 37.6 Å². The first-order chi connectivity index (χ1) is 9.70. The molecule has 1 aromatic rings. The molecule has 0 aliphatic carbocycles. The van der Waals surface area contributed by atoms with Crippen molar-refractivity contribution in [2.24, 2.45) is 0 Å². The van der Waals surface area contributed by atoms with Gasteiger partial charge in [-0.15, -0.1) is 0 Å². The summed E-state index contributed by atoms with van der Waals surface area (Å²) in [4.78, 5) is 14.5. The summed E-state index contributed by atoms with van der Waals surface area (Å²) < 4.78 is 0. The highest BCUT2D eigenvalue weighted by molar-refractivity contribution is 5.95. The molecule has 1 aliphatic rings. The molecule has 0 unspecified atom stereocenters. The van der Waals surface area contributed by atoms with Crippen LogP contribution < -0.4 is 10.9 Å². The maximum absolute atomic E-state index is 12.1. The molecule has 0 fully saturated rings. The lowest BCUT2D eigenvalue weighted by atomic mass is 10.1. The third-order valence-electron chi connectivity index (χ3n) is 3.56. The first-order valence-electron chi connectivity index (χ1n) is 7.24. The molecule has 108 valence electrons. The average Bonchev–Trinajstić information content (AvgIpc) is 2.47. The molecule has 1 amide bonds. The minimum atomic E-state index is -0.0833. The molecule has 0 bridgehead atoms. The van der Waals surface area contributed by atoms with Crippen molar-refractivity contribution in [3.63, 3.8) is 0 Å². The fraction of sp³-hybridized carbons (Fsp3) is 0.438. The van der Waals surface area contributed by atoms with Crippen molar-refractivity contribution in [1.29, 1.82) is 0 Å². The van der Waals surface area contributed by atoms with Crippen molar-refractivity contribution in [2.45, 2.75) is 26.7 Å². The largest absolute Gasteiger partial charge is 0.303 e. The van der Waals surface area contributed by atoms with Gasteiger partial charge in [-0.2, -0.15) is 0 Å². The van der Waals surface area contributed by atoms with E-state index in [0.29, 0.717) is 5.56 Å². The van der Waals surface area contributed by atoms with Gasteiger partial charge in [0.05, 0.1) is 0 Å². The van der Waals surface area contributed by atoms with E-state index in [9.17, 15) is 4.79 Å².